The second-order valence-corrected chi connectivity index (χ2v) is 1.15. The van der Waals surface area contributed by atoms with E-state index in [0.717, 1.165) is 0 Å². The molecule has 0 bridgehead atoms. The van der Waals surface area contributed by atoms with Crippen molar-refractivity contribution in [2.75, 3.05) is 0 Å². The molecule has 0 aromatic carbocycles. The van der Waals surface area contributed by atoms with Gasteiger partial charge in [0.2, 0.25) is 5.95 Å². The molecule has 1 rings (SSSR count). The van der Waals surface area contributed by atoms with Crippen LogP contribution in [0.1, 0.15) is 0 Å². The molecule has 0 spiro atoms. The van der Waals surface area contributed by atoms with Crippen LogP contribution in [0.5, 0.6) is 0 Å². The Hall–Kier alpha value is -1.18. The number of hydrogen-bond donors (Lipinski definition) is 0. The van der Waals surface area contributed by atoms with Crippen molar-refractivity contribution in [2.45, 2.75) is 0 Å². The van der Waals surface area contributed by atoms with E-state index >= 15 is 0 Å². The van der Waals surface area contributed by atoms with Crippen LogP contribution in [-0.2, 0) is 0 Å². The monoisotopic (exact) mass is 125 g/mol. The van der Waals surface area contributed by atoms with Gasteiger partial charge in [-0.25, -0.2) is 4.98 Å². The summed E-state index contributed by atoms with van der Waals surface area (Å²) in [7, 11) is 0. The lowest BCUT2D eigenvalue weighted by atomic mass is 10.5. The van der Waals surface area contributed by atoms with E-state index in [-0.39, 0.29) is 0 Å². The van der Waals surface area contributed by atoms with E-state index in [9.17, 15) is 4.39 Å². The van der Waals surface area contributed by atoms with Crippen LogP contribution >= 0.6 is 0 Å². The Labute approximate surface area is 53.9 Å². The summed E-state index contributed by atoms with van der Waals surface area (Å²) >= 11 is 0. The lowest BCUT2D eigenvalue weighted by Crippen LogP contribution is -1.73. The Bertz CT molecular complexity index is 150. The first kappa shape index (κ1) is 7.82. The predicted octanol–water partition coefficient (Wildman–Crippen LogP) is 2.02. The van der Waals surface area contributed by atoms with Crippen LogP contribution in [0, 0.1) is 5.95 Å². The minimum absolute atomic E-state index is 0.428. The molecule has 0 aliphatic rings. The SMILES string of the molecule is C=C.Fc1ccccn1. The van der Waals surface area contributed by atoms with E-state index in [1.165, 1.54) is 12.3 Å². The maximum absolute atomic E-state index is 11.8. The molecule has 0 N–H and O–H groups in total. The van der Waals surface area contributed by atoms with Crippen LogP contribution in [0.3, 0.4) is 0 Å². The third kappa shape index (κ3) is 3.41. The largest absolute Gasteiger partial charge is 0.228 e. The fourth-order valence-corrected chi connectivity index (χ4v) is 0.342. The molecule has 0 saturated heterocycles. The van der Waals surface area contributed by atoms with Gasteiger partial charge in [-0.15, -0.1) is 13.2 Å². The fraction of sp³-hybridized carbons (Fsp3) is 0. The van der Waals surface area contributed by atoms with Crippen LogP contribution < -0.4 is 0 Å². The molecule has 48 valence electrons. The van der Waals surface area contributed by atoms with Gasteiger partial charge in [0.1, 0.15) is 0 Å². The topological polar surface area (TPSA) is 12.9 Å². The number of rotatable bonds is 0. The van der Waals surface area contributed by atoms with Crippen molar-refractivity contribution in [3.63, 3.8) is 0 Å². The molecule has 0 amide bonds. The number of halogens is 1. The highest BCUT2D eigenvalue weighted by Crippen LogP contribution is 1.85. The van der Waals surface area contributed by atoms with Gasteiger partial charge in [0.25, 0.3) is 0 Å². The molecular weight excluding hydrogens is 117 g/mol. The smallest absolute Gasteiger partial charge is 0.212 e. The summed E-state index contributed by atoms with van der Waals surface area (Å²) in [5.74, 6) is -0.428. The van der Waals surface area contributed by atoms with Crippen molar-refractivity contribution < 1.29 is 4.39 Å². The summed E-state index contributed by atoms with van der Waals surface area (Å²) < 4.78 is 11.8. The van der Waals surface area contributed by atoms with Gasteiger partial charge in [-0.1, -0.05) is 6.07 Å². The summed E-state index contributed by atoms with van der Waals surface area (Å²) in [4.78, 5) is 3.31. The Morgan fingerprint density at radius 3 is 2.22 bits per heavy atom. The number of nitrogens with zero attached hydrogens (tertiary/aromatic N) is 1. The summed E-state index contributed by atoms with van der Waals surface area (Å²) in [6, 6.07) is 4.57. The average molecular weight is 125 g/mol. The molecule has 2 heteroatoms. The molecule has 1 heterocycles. The highest BCUT2D eigenvalue weighted by molar-refractivity contribution is 4.90. The zero-order valence-corrected chi connectivity index (χ0v) is 5.05. The lowest BCUT2D eigenvalue weighted by molar-refractivity contribution is 0.584. The van der Waals surface area contributed by atoms with Crippen molar-refractivity contribution in [1.29, 1.82) is 0 Å². The summed E-state index contributed by atoms with van der Waals surface area (Å²) in [5, 5.41) is 0. The number of pyridine rings is 1. The number of aromatic nitrogens is 1. The third-order valence-electron chi connectivity index (χ3n) is 0.629. The number of hydrogen-bond acceptors (Lipinski definition) is 1. The average Bonchev–Trinajstić information content (AvgIpc) is 1.94. The zero-order valence-electron chi connectivity index (χ0n) is 5.05. The molecule has 9 heavy (non-hydrogen) atoms. The van der Waals surface area contributed by atoms with Crippen LogP contribution in [-0.4, -0.2) is 4.98 Å². The predicted molar refractivity (Wildman–Crippen MR) is 35.4 cm³/mol. The van der Waals surface area contributed by atoms with Crippen LogP contribution in [0.2, 0.25) is 0 Å². The highest BCUT2D eigenvalue weighted by atomic mass is 19.1. The first-order chi connectivity index (χ1) is 4.39. The molecular formula is C7H8FN. The molecule has 0 unspecified atom stereocenters. The minimum Gasteiger partial charge on any atom is -0.228 e. The fourth-order valence-electron chi connectivity index (χ4n) is 0.342. The van der Waals surface area contributed by atoms with E-state index < -0.39 is 5.95 Å². The van der Waals surface area contributed by atoms with Crippen LogP contribution in [0.25, 0.3) is 0 Å². The van der Waals surface area contributed by atoms with Crippen LogP contribution in [0.4, 0.5) is 4.39 Å². The minimum atomic E-state index is -0.428. The van der Waals surface area contributed by atoms with E-state index in [0.29, 0.717) is 0 Å². The Morgan fingerprint density at radius 2 is 2.00 bits per heavy atom. The summed E-state index contributed by atoms with van der Waals surface area (Å²) in [6.45, 7) is 6.00. The third-order valence-corrected chi connectivity index (χ3v) is 0.629. The lowest BCUT2D eigenvalue weighted by Gasteiger charge is -1.78. The van der Waals surface area contributed by atoms with E-state index in [1.54, 1.807) is 12.1 Å². The van der Waals surface area contributed by atoms with Crippen molar-refractivity contribution in [2.24, 2.45) is 0 Å². The molecule has 1 aromatic heterocycles. The second-order valence-electron chi connectivity index (χ2n) is 1.15. The Balaban J connectivity index is 0.000000291. The summed E-state index contributed by atoms with van der Waals surface area (Å²) in [5.41, 5.74) is 0. The maximum atomic E-state index is 11.8. The normalized spacial score (nSPS) is 7.22. The molecule has 0 fully saturated rings. The van der Waals surface area contributed by atoms with Gasteiger partial charge in [-0.05, 0) is 12.1 Å². The van der Waals surface area contributed by atoms with Crippen molar-refractivity contribution in [3.05, 3.63) is 43.5 Å². The zero-order chi connectivity index (χ0) is 7.11. The van der Waals surface area contributed by atoms with Crippen molar-refractivity contribution in [1.82, 2.24) is 4.98 Å². The standard InChI is InChI=1S/C5H4FN.C2H4/c6-5-3-1-2-4-7-5;1-2/h1-4H;1-2H2. The maximum Gasteiger partial charge on any atom is 0.212 e. The van der Waals surface area contributed by atoms with Gasteiger partial charge in [0, 0.05) is 6.20 Å². The van der Waals surface area contributed by atoms with Gasteiger partial charge < -0.3 is 0 Å². The molecule has 0 radical (unpaired) electrons. The molecule has 1 aromatic rings. The van der Waals surface area contributed by atoms with Gasteiger partial charge in [-0.2, -0.15) is 4.39 Å². The molecule has 0 atom stereocenters. The quantitative estimate of drug-likeness (QED) is 0.382. The van der Waals surface area contributed by atoms with Gasteiger partial charge >= 0.3 is 0 Å². The molecule has 0 saturated carbocycles. The second kappa shape index (κ2) is 4.97. The van der Waals surface area contributed by atoms with Gasteiger partial charge in [-0.3, -0.25) is 0 Å². The Morgan fingerprint density at radius 1 is 1.33 bits per heavy atom. The van der Waals surface area contributed by atoms with E-state index in [1.807, 2.05) is 0 Å². The van der Waals surface area contributed by atoms with E-state index in [2.05, 4.69) is 18.1 Å². The summed E-state index contributed by atoms with van der Waals surface area (Å²) in [6.07, 6.45) is 1.41. The first-order valence-electron chi connectivity index (χ1n) is 2.46. The molecule has 0 aliphatic heterocycles. The van der Waals surface area contributed by atoms with Crippen molar-refractivity contribution >= 4 is 0 Å². The molecule has 1 nitrogen and oxygen atoms in total. The van der Waals surface area contributed by atoms with Gasteiger partial charge in [0.15, 0.2) is 0 Å². The first-order valence-corrected chi connectivity index (χ1v) is 2.46. The highest BCUT2D eigenvalue weighted by Gasteiger charge is 1.78. The molecule has 0 aliphatic carbocycles. The van der Waals surface area contributed by atoms with Crippen LogP contribution in [0.15, 0.2) is 37.6 Å². The van der Waals surface area contributed by atoms with Crippen molar-refractivity contribution in [3.8, 4) is 0 Å². The Kier molecular flexibility index (Phi) is 4.32. The van der Waals surface area contributed by atoms with E-state index in [4.69, 9.17) is 0 Å². The van der Waals surface area contributed by atoms with Gasteiger partial charge in [0.05, 0.1) is 0 Å².